The van der Waals surface area contributed by atoms with Crippen molar-refractivity contribution in [1.82, 2.24) is 4.90 Å². The van der Waals surface area contributed by atoms with Gasteiger partial charge in [0.1, 0.15) is 0 Å². The number of carbonyl (C=O) groups is 2. The third kappa shape index (κ3) is 3.82. The van der Waals surface area contributed by atoms with Crippen molar-refractivity contribution in [3.8, 4) is 0 Å². The molecule has 1 fully saturated rings. The number of carboxylic acids is 1. The van der Waals surface area contributed by atoms with E-state index < -0.39 is 5.97 Å². The molecule has 0 spiro atoms. The summed E-state index contributed by atoms with van der Waals surface area (Å²) >= 11 is 2.20. The van der Waals surface area contributed by atoms with Crippen LogP contribution in [0.3, 0.4) is 0 Å². The number of aliphatic carboxylic acids is 1. The fourth-order valence-electron chi connectivity index (χ4n) is 2.25. The topological polar surface area (TPSA) is 69.6 Å². The van der Waals surface area contributed by atoms with Crippen LogP contribution in [0.1, 0.15) is 19.3 Å². The van der Waals surface area contributed by atoms with Gasteiger partial charge in [0, 0.05) is 21.8 Å². The molecule has 1 heterocycles. The number of benzene rings is 1. The molecule has 5 nitrogen and oxygen atoms in total. The van der Waals surface area contributed by atoms with Gasteiger partial charge in [-0.15, -0.1) is 0 Å². The molecular formula is C13H15IN2O3. The predicted molar refractivity (Wildman–Crippen MR) is 80.2 cm³/mol. The number of hydrogen-bond donors (Lipinski definition) is 2. The number of rotatable bonds is 3. The smallest absolute Gasteiger partial charge is 0.322 e. The van der Waals surface area contributed by atoms with Crippen LogP contribution in [0.2, 0.25) is 0 Å². The average molecular weight is 374 g/mol. The summed E-state index contributed by atoms with van der Waals surface area (Å²) in [5, 5.41) is 11.6. The summed E-state index contributed by atoms with van der Waals surface area (Å²) in [6.07, 6.45) is 1.63. The molecule has 1 atom stereocenters. The van der Waals surface area contributed by atoms with Crippen LogP contribution in [0, 0.1) is 3.57 Å². The van der Waals surface area contributed by atoms with E-state index in [0.29, 0.717) is 6.54 Å². The van der Waals surface area contributed by atoms with Crippen LogP contribution in [0.25, 0.3) is 0 Å². The number of urea groups is 1. The molecule has 6 heteroatoms. The number of nitrogens with zero attached hydrogens (tertiary/aromatic N) is 1. The summed E-state index contributed by atoms with van der Waals surface area (Å²) < 4.78 is 1.10. The number of carbonyl (C=O) groups excluding carboxylic acids is 1. The van der Waals surface area contributed by atoms with Crippen LogP contribution in [-0.2, 0) is 4.79 Å². The molecule has 0 radical (unpaired) electrons. The first-order chi connectivity index (χ1) is 9.06. The Balaban J connectivity index is 1.98. The molecule has 2 rings (SSSR count). The first kappa shape index (κ1) is 14.1. The lowest BCUT2D eigenvalue weighted by atomic mass is 10.1. The van der Waals surface area contributed by atoms with Gasteiger partial charge in [0.05, 0.1) is 6.42 Å². The Bertz CT molecular complexity index is 475. The largest absolute Gasteiger partial charge is 0.481 e. The number of nitrogens with one attached hydrogen (secondary N) is 1. The lowest BCUT2D eigenvalue weighted by molar-refractivity contribution is -0.137. The molecule has 102 valence electrons. The highest BCUT2D eigenvalue weighted by atomic mass is 127. The summed E-state index contributed by atoms with van der Waals surface area (Å²) in [5.74, 6) is -0.862. The fraction of sp³-hybridized carbons (Fsp3) is 0.385. The Morgan fingerprint density at radius 1 is 1.37 bits per heavy atom. The SMILES string of the molecule is O=C(O)CC1CCCN1C(=O)Nc1ccc(I)cc1. The van der Waals surface area contributed by atoms with Crippen molar-refractivity contribution in [1.29, 1.82) is 0 Å². The number of anilines is 1. The van der Waals surface area contributed by atoms with Gasteiger partial charge in [0.15, 0.2) is 0 Å². The molecule has 1 aromatic carbocycles. The normalized spacial score (nSPS) is 18.4. The molecule has 19 heavy (non-hydrogen) atoms. The molecule has 0 saturated carbocycles. The van der Waals surface area contributed by atoms with Crippen molar-refractivity contribution in [2.45, 2.75) is 25.3 Å². The Kier molecular flexibility index (Phi) is 4.62. The second-order valence-corrected chi connectivity index (χ2v) is 5.77. The van der Waals surface area contributed by atoms with E-state index in [-0.39, 0.29) is 18.5 Å². The number of carboxylic acid groups (broad SMARTS) is 1. The van der Waals surface area contributed by atoms with Gasteiger partial charge in [-0.25, -0.2) is 4.79 Å². The lowest BCUT2D eigenvalue weighted by Crippen LogP contribution is -2.39. The van der Waals surface area contributed by atoms with Gasteiger partial charge in [-0.1, -0.05) is 0 Å². The quantitative estimate of drug-likeness (QED) is 0.800. The van der Waals surface area contributed by atoms with Crippen molar-refractivity contribution in [3.63, 3.8) is 0 Å². The zero-order chi connectivity index (χ0) is 13.8. The summed E-state index contributed by atoms with van der Waals surface area (Å²) in [7, 11) is 0. The van der Waals surface area contributed by atoms with Crippen LogP contribution in [0.4, 0.5) is 10.5 Å². The monoisotopic (exact) mass is 374 g/mol. The Hall–Kier alpha value is -1.31. The molecule has 1 aromatic rings. The first-order valence-electron chi connectivity index (χ1n) is 6.11. The van der Waals surface area contributed by atoms with Crippen molar-refractivity contribution < 1.29 is 14.7 Å². The van der Waals surface area contributed by atoms with Gasteiger partial charge in [0.2, 0.25) is 0 Å². The number of likely N-dealkylation sites (tertiary alicyclic amines) is 1. The van der Waals surface area contributed by atoms with Crippen molar-refractivity contribution in [2.24, 2.45) is 0 Å². The van der Waals surface area contributed by atoms with E-state index in [1.54, 1.807) is 4.90 Å². The number of amides is 2. The molecule has 2 N–H and O–H groups in total. The highest BCUT2D eigenvalue weighted by molar-refractivity contribution is 14.1. The molecule has 1 aliphatic heterocycles. The molecule has 1 unspecified atom stereocenters. The maximum atomic E-state index is 12.1. The second-order valence-electron chi connectivity index (χ2n) is 4.52. The Morgan fingerprint density at radius 3 is 2.68 bits per heavy atom. The van der Waals surface area contributed by atoms with Crippen molar-refractivity contribution in [2.75, 3.05) is 11.9 Å². The molecule has 0 aliphatic carbocycles. The first-order valence-corrected chi connectivity index (χ1v) is 7.19. The van der Waals surface area contributed by atoms with Gasteiger partial charge < -0.3 is 15.3 Å². The van der Waals surface area contributed by atoms with E-state index >= 15 is 0 Å². The molecule has 0 bridgehead atoms. The maximum Gasteiger partial charge on any atom is 0.322 e. The van der Waals surface area contributed by atoms with Crippen LogP contribution in [0.15, 0.2) is 24.3 Å². The van der Waals surface area contributed by atoms with Gasteiger partial charge in [-0.2, -0.15) is 0 Å². The standard InChI is InChI=1S/C13H15IN2O3/c14-9-3-5-10(6-4-9)15-13(19)16-7-1-2-11(16)8-12(17)18/h3-6,11H,1-2,7-8H2,(H,15,19)(H,17,18). The molecule has 2 amide bonds. The fourth-order valence-corrected chi connectivity index (χ4v) is 2.60. The Labute approximate surface area is 125 Å². The zero-order valence-electron chi connectivity index (χ0n) is 10.3. The maximum absolute atomic E-state index is 12.1. The van der Waals surface area contributed by atoms with E-state index in [1.807, 2.05) is 24.3 Å². The minimum Gasteiger partial charge on any atom is -0.481 e. The van der Waals surface area contributed by atoms with E-state index in [4.69, 9.17) is 5.11 Å². The molecular weight excluding hydrogens is 359 g/mol. The van der Waals surface area contributed by atoms with Gasteiger partial charge in [-0.05, 0) is 59.7 Å². The third-order valence-corrected chi connectivity index (χ3v) is 3.86. The van der Waals surface area contributed by atoms with Crippen LogP contribution in [0.5, 0.6) is 0 Å². The number of halogens is 1. The van der Waals surface area contributed by atoms with Gasteiger partial charge >= 0.3 is 12.0 Å². The molecule has 1 saturated heterocycles. The van der Waals surface area contributed by atoms with Crippen molar-refractivity contribution in [3.05, 3.63) is 27.8 Å². The van der Waals surface area contributed by atoms with Crippen LogP contribution < -0.4 is 5.32 Å². The summed E-state index contributed by atoms with van der Waals surface area (Å²) in [6, 6.07) is 7.08. The van der Waals surface area contributed by atoms with Gasteiger partial charge in [-0.3, -0.25) is 4.79 Å². The zero-order valence-corrected chi connectivity index (χ0v) is 12.5. The molecule has 1 aliphatic rings. The predicted octanol–water partition coefficient (Wildman–Crippen LogP) is 2.76. The van der Waals surface area contributed by atoms with E-state index in [1.165, 1.54) is 0 Å². The van der Waals surface area contributed by atoms with Crippen LogP contribution >= 0.6 is 22.6 Å². The third-order valence-electron chi connectivity index (χ3n) is 3.14. The highest BCUT2D eigenvalue weighted by Crippen LogP contribution is 2.21. The minimum absolute atomic E-state index is 0.0140. The average Bonchev–Trinajstić information content (AvgIpc) is 2.79. The van der Waals surface area contributed by atoms with E-state index in [0.717, 1.165) is 22.1 Å². The summed E-state index contributed by atoms with van der Waals surface area (Å²) in [5.41, 5.74) is 0.728. The molecule has 0 aromatic heterocycles. The van der Waals surface area contributed by atoms with Crippen LogP contribution in [-0.4, -0.2) is 34.6 Å². The van der Waals surface area contributed by atoms with E-state index in [2.05, 4.69) is 27.9 Å². The summed E-state index contributed by atoms with van der Waals surface area (Å²) in [6.45, 7) is 0.619. The highest BCUT2D eigenvalue weighted by Gasteiger charge is 2.30. The second kappa shape index (κ2) is 6.23. The Morgan fingerprint density at radius 2 is 2.05 bits per heavy atom. The van der Waals surface area contributed by atoms with Gasteiger partial charge in [0.25, 0.3) is 0 Å². The minimum atomic E-state index is -0.862. The summed E-state index contributed by atoms with van der Waals surface area (Å²) in [4.78, 5) is 24.5. The van der Waals surface area contributed by atoms with E-state index in [9.17, 15) is 9.59 Å². The number of hydrogen-bond acceptors (Lipinski definition) is 2. The van der Waals surface area contributed by atoms with Crippen molar-refractivity contribution >= 4 is 40.3 Å². The lowest BCUT2D eigenvalue weighted by Gasteiger charge is -2.23.